The van der Waals surface area contributed by atoms with E-state index in [2.05, 4.69) is 5.32 Å². The molecule has 0 saturated carbocycles. The number of carbonyl (C=O) groups excluding carboxylic acids is 2. The summed E-state index contributed by atoms with van der Waals surface area (Å²) in [7, 11) is 0. The summed E-state index contributed by atoms with van der Waals surface area (Å²) in [6, 6.07) is 6.27. The monoisotopic (exact) mass is 355 g/mol. The summed E-state index contributed by atoms with van der Waals surface area (Å²) in [6.45, 7) is 3.19. The number of carbonyl (C=O) groups is 2. The van der Waals surface area contributed by atoms with E-state index in [0.29, 0.717) is 31.7 Å². The molecule has 24 heavy (non-hydrogen) atoms. The average molecular weight is 356 g/mol. The zero-order valence-corrected chi connectivity index (χ0v) is 14.4. The van der Waals surface area contributed by atoms with Crippen molar-refractivity contribution in [1.29, 1.82) is 0 Å². The van der Waals surface area contributed by atoms with E-state index >= 15 is 0 Å². The number of benzene rings is 1. The Labute approximate surface area is 147 Å². The van der Waals surface area contributed by atoms with Crippen molar-refractivity contribution in [1.82, 2.24) is 15.1 Å². The Morgan fingerprint density at radius 1 is 1.33 bits per heavy atom. The molecule has 2 heterocycles. The minimum absolute atomic E-state index is 0. The second-order valence-electron chi connectivity index (χ2n) is 6.21. The molecule has 0 aromatic heterocycles. The largest absolute Gasteiger partial charge is 0.340 e. The first kappa shape index (κ1) is 18.7. The second-order valence-corrected chi connectivity index (χ2v) is 6.21. The van der Waals surface area contributed by atoms with Crippen LogP contribution in [0.3, 0.4) is 0 Å². The fourth-order valence-electron chi connectivity index (χ4n) is 3.38. The third-order valence-corrected chi connectivity index (χ3v) is 4.56. The number of rotatable bonds is 3. The molecule has 0 aliphatic carbocycles. The van der Waals surface area contributed by atoms with Gasteiger partial charge in [-0.15, -0.1) is 12.4 Å². The van der Waals surface area contributed by atoms with Gasteiger partial charge in [0.15, 0.2) is 0 Å². The molecule has 0 bridgehead atoms. The molecule has 2 amide bonds. The summed E-state index contributed by atoms with van der Waals surface area (Å²) in [5.74, 6) is -0.207. The zero-order chi connectivity index (χ0) is 16.2. The van der Waals surface area contributed by atoms with Gasteiger partial charge in [0, 0.05) is 32.2 Å². The molecule has 5 nitrogen and oxygen atoms in total. The Morgan fingerprint density at radius 3 is 2.92 bits per heavy atom. The number of amides is 2. The highest BCUT2D eigenvalue weighted by atomic mass is 35.5. The fourth-order valence-corrected chi connectivity index (χ4v) is 3.38. The molecule has 2 fully saturated rings. The van der Waals surface area contributed by atoms with Crippen LogP contribution in [0, 0.1) is 5.82 Å². The number of piperazine rings is 1. The Bertz CT molecular complexity index is 599. The summed E-state index contributed by atoms with van der Waals surface area (Å²) < 4.78 is 13.2. The fraction of sp³-hybridized carbons (Fsp3) is 0.529. The Kier molecular flexibility index (Phi) is 6.57. The molecule has 2 aliphatic heterocycles. The minimum Gasteiger partial charge on any atom is -0.340 e. The summed E-state index contributed by atoms with van der Waals surface area (Å²) in [5, 5.41) is 3.07. The van der Waals surface area contributed by atoms with Crippen molar-refractivity contribution >= 4 is 24.2 Å². The summed E-state index contributed by atoms with van der Waals surface area (Å²) in [4.78, 5) is 28.2. The number of nitrogens with one attached hydrogen (secondary N) is 1. The van der Waals surface area contributed by atoms with E-state index in [1.54, 1.807) is 12.1 Å². The number of hydrogen-bond donors (Lipinski definition) is 1. The molecule has 1 aromatic rings. The smallest absolute Gasteiger partial charge is 0.236 e. The molecule has 1 unspecified atom stereocenters. The first-order valence-electron chi connectivity index (χ1n) is 8.16. The molecule has 0 radical (unpaired) electrons. The number of likely N-dealkylation sites (tertiary alicyclic amines) is 1. The van der Waals surface area contributed by atoms with Gasteiger partial charge in [-0.3, -0.25) is 9.59 Å². The topological polar surface area (TPSA) is 52.7 Å². The van der Waals surface area contributed by atoms with Crippen molar-refractivity contribution in [2.24, 2.45) is 0 Å². The van der Waals surface area contributed by atoms with E-state index in [0.717, 1.165) is 19.4 Å². The van der Waals surface area contributed by atoms with Crippen LogP contribution in [-0.4, -0.2) is 60.4 Å². The van der Waals surface area contributed by atoms with Crippen LogP contribution in [0.15, 0.2) is 24.3 Å². The van der Waals surface area contributed by atoms with E-state index in [4.69, 9.17) is 0 Å². The van der Waals surface area contributed by atoms with Crippen LogP contribution in [0.4, 0.5) is 4.39 Å². The molecule has 2 aliphatic rings. The summed E-state index contributed by atoms with van der Waals surface area (Å²) in [5.41, 5.74) is 0.690. The lowest BCUT2D eigenvalue weighted by Crippen LogP contribution is -2.57. The quantitative estimate of drug-likeness (QED) is 0.886. The predicted molar refractivity (Wildman–Crippen MR) is 91.5 cm³/mol. The van der Waals surface area contributed by atoms with E-state index in [9.17, 15) is 14.0 Å². The molecule has 3 rings (SSSR count). The number of nitrogens with zero attached hydrogens (tertiary/aromatic N) is 2. The minimum atomic E-state index is -0.321. The lowest BCUT2D eigenvalue weighted by Gasteiger charge is -2.41. The third kappa shape index (κ3) is 4.45. The van der Waals surface area contributed by atoms with Gasteiger partial charge in [0.2, 0.25) is 11.8 Å². The van der Waals surface area contributed by atoms with Gasteiger partial charge in [0.05, 0.1) is 13.0 Å². The molecular weight excluding hydrogens is 333 g/mol. The van der Waals surface area contributed by atoms with Crippen molar-refractivity contribution in [3.05, 3.63) is 35.6 Å². The van der Waals surface area contributed by atoms with Gasteiger partial charge in [-0.2, -0.15) is 0 Å². The van der Waals surface area contributed by atoms with Crippen LogP contribution >= 0.6 is 12.4 Å². The van der Waals surface area contributed by atoms with Crippen molar-refractivity contribution in [3.63, 3.8) is 0 Å². The summed E-state index contributed by atoms with van der Waals surface area (Å²) >= 11 is 0. The van der Waals surface area contributed by atoms with Crippen LogP contribution in [0.25, 0.3) is 0 Å². The normalized spacial score (nSPS) is 21.4. The van der Waals surface area contributed by atoms with E-state index < -0.39 is 0 Å². The maximum atomic E-state index is 13.2. The third-order valence-electron chi connectivity index (χ3n) is 4.56. The van der Waals surface area contributed by atoms with Gasteiger partial charge in [0.1, 0.15) is 5.82 Å². The van der Waals surface area contributed by atoms with E-state index in [-0.39, 0.29) is 42.5 Å². The van der Waals surface area contributed by atoms with Crippen LogP contribution in [0.1, 0.15) is 18.4 Å². The van der Waals surface area contributed by atoms with Crippen LogP contribution in [0.5, 0.6) is 0 Å². The molecular formula is C17H23ClFN3O2. The Hall–Kier alpha value is -1.66. The van der Waals surface area contributed by atoms with Crippen molar-refractivity contribution in [3.8, 4) is 0 Å². The van der Waals surface area contributed by atoms with Gasteiger partial charge >= 0.3 is 0 Å². The molecule has 2 saturated heterocycles. The number of hydrogen-bond acceptors (Lipinski definition) is 3. The Balaban J connectivity index is 0.00000208. The molecule has 0 spiro atoms. The van der Waals surface area contributed by atoms with E-state index in [1.807, 2.05) is 9.80 Å². The predicted octanol–water partition coefficient (Wildman–Crippen LogP) is 1.21. The van der Waals surface area contributed by atoms with Crippen molar-refractivity contribution < 1.29 is 14.0 Å². The second kappa shape index (κ2) is 8.44. The van der Waals surface area contributed by atoms with Gasteiger partial charge in [0.25, 0.3) is 0 Å². The highest BCUT2D eigenvalue weighted by Crippen LogP contribution is 2.18. The average Bonchev–Trinajstić information content (AvgIpc) is 2.55. The van der Waals surface area contributed by atoms with Crippen LogP contribution in [-0.2, 0) is 16.0 Å². The standard InChI is InChI=1S/C17H22FN3O2.ClH/c18-14-4-1-3-13(9-14)10-16(22)20-7-2-5-15(12-20)21-8-6-19-11-17(21)23;/h1,3-4,9,15,19H,2,5-8,10-12H2;1H. The molecule has 132 valence electrons. The molecule has 7 heteroatoms. The first-order valence-corrected chi connectivity index (χ1v) is 8.16. The van der Waals surface area contributed by atoms with Crippen molar-refractivity contribution in [2.75, 3.05) is 32.7 Å². The number of halogens is 2. The molecule has 1 N–H and O–H groups in total. The van der Waals surface area contributed by atoms with Crippen molar-refractivity contribution in [2.45, 2.75) is 25.3 Å². The SMILES string of the molecule is Cl.O=C(Cc1cccc(F)c1)N1CCCC(N2CCNCC2=O)C1. The highest BCUT2D eigenvalue weighted by molar-refractivity contribution is 5.85. The zero-order valence-electron chi connectivity index (χ0n) is 13.5. The maximum absolute atomic E-state index is 13.2. The molecule has 1 aromatic carbocycles. The lowest BCUT2D eigenvalue weighted by molar-refractivity contribution is -0.140. The summed E-state index contributed by atoms with van der Waals surface area (Å²) in [6.07, 6.45) is 2.05. The van der Waals surface area contributed by atoms with Gasteiger partial charge in [-0.1, -0.05) is 12.1 Å². The van der Waals surface area contributed by atoms with Gasteiger partial charge < -0.3 is 15.1 Å². The lowest BCUT2D eigenvalue weighted by atomic mass is 10.0. The van der Waals surface area contributed by atoms with Gasteiger partial charge in [-0.05, 0) is 30.5 Å². The highest BCUT2D eigenvalue weighted by Gasteiger charge is 2.31. The number of piperidine rings is 1. The van der Waals surface area contributed by atoms with E-state index in [1.165, 1.54) is 12.1 Å². The van der Waals surface area contributed by atoms with Gasteiger partial charge in [-0.25, -0.2) is 4.39 Å². The first-order chi connectivity index (χ1) is 11.1. The maximum Gasteiger partial charge on any atom is 0.236 e. The van der Waals surface area contributed by atoms with Crippen LogP contribution < -0.4 is 5.32 Å². The van der Waals surface area contributed by atoms with Crippen LogP contribution in [0.2, 0.25) is 0 Å². The molecule has 1 atom stereocenters. The Morgan fingerprint density at radius 2 is 2.17 bits per heavy atom.